The van der Waals surface area contributed by atoms with Gasteiger partial charge in [0.1, 0.15) is 5.75 Å². The molecule has 0 unspecified atom stereocenters. The van der Waals surface area contributed by atoms with Crippen LogP contribution in [0.1, 0.15) is 19.7 Å². The van der Waals surface area contributed by atoms with Crippen LogP contribution in [0, 0.1) is 5.92 Å². The SMILES string of the molecule is COc1cc(-n2nnnc2CNCC(C)C)ccc1Br. The lowest BCUT2D eigenvalue weighted by molar-refractivity contribution is 0.411. The molecule has 0 amide bonds. The Bertz CT molecular complexity index is 570. The number of hydrogen-bond donors (Lipinski definition) is 1. The highest BCUT2D eigenvalue weighted by Crippen LogP contribution is 2.27. The predicted molar refractivity (Wildman–Crippen MR) is 80.0 cm³/mol. The van der Waals surface area contributed by atoms with Gasteiger partial charge in [-0.05, 0) is 51.0 Å². The van der Waals surface area contributed by atoms with Crippen molar-refractivity contribution < 1.29 is 4.74 Å². The number of aromatic nitrogens is 4. The molecule has 7 heteroatoms. The van der Waals surface area contributed by atoms with E-state index in [1.54, 1.807) is 11.8 Å². The second kappa shape index (κ2) is 6.81. The maximum atomic E-state index is 5.29. The molecule has 20 heavy (non-hydrogen) atoms. The van der Waals surface area contributed by atoms with E-state index in [0.717, 1.165) is 28.3 Å². The third-order valence-electron chi connectivity index (χ3n) is 2.75. The number of benzene rings is 1. The predicted octanol–water partition coefficient (Wildman–Crippen LogP) is 2.18. The van der Waals surface area contributed by atoms with Crippen molar-refractivity contribution in [3.8, 4) is 11.4 Å². The summed E-state index contributed by atoms with van der Waals surface area (Å²) in [5, 5.41) is 15.2. The molecule has 0 saturated heterocycles. The van der Waals surface area contributed by atoms with E-state index < -0.39 is 0 Å². The summed E-state index contributed by atoms with van der Waals surface area (Å²) in [4.78, 5) is 0. The summed E-state index contributed by atoms with van der Waals surface area (Å²) in [5.41, 5.74) is 0.872. The highest BCUT2D eigenvalue weighted by Gasteiger charge is 2.10. The van der Waals surface area contributed by atoms with E-state index in [1.165, 1.54) is 0 Å². The molecule has 0 spiro atoms. The van der Waals surface area contributed by atoms with Crippen molar-refractivity contribution in [2.75, 3.05) is 13.7 Å². The Labute approximate surface area is 126 Å². The van der Waals surface area contributed by atoms with Crippen molar-refractivity contribution in [1.29, 1.82) is 0 Å². The number of ether oxygens (including phenoxy) is 1. The van der Waals surface area contributed by atoms with Crippen LogP contribution in [0.25, 0.3) is 5.69 Å². The van der Waals surface area contributed by atoms with Crippen molar-refractivity contribution in [2.45, 2.75) is 20.4 Å². The third kappa shape index (κ3) is 3.55. The van der Waals surface area contributed by atoms with Gasteiger partial charge < -0.3 is 10.1 Å². The summed E-state index contributed by atoms with van der Waals surface area (Å²) in [7, 11) is 1.63. The topological polar surface area (TPSA) is 64.9 Å². The van der Waals surface area contributed by atoms with E-state index in [9.17, 15) is 0 Å². The minimum atomic E-state index is 0.590. The fourth-order valence-corrected chi connectivity index (χ4v) is 2.18. The number of nitrogens with zero attached hydrogens (tertiary/aromatic N) is 4. The molecule has 0 atom stereocenters. The zero-order valence-corrected chi connectivity index (χ0v) is 13.4. The van der Waals surface area contributed by atoms with Gasteiger partial charge in [-0.2, -0.15) is 4.68 Å². The molecule has 6 nitrogen and oxygen atoms in total. The number of tetrazole rings is 1. The number of halogens is 1. The molecule has 1 N–H and O–H groups in total. The van der Waals surface area contributed by atoms with Crippen LogP contribution in [0.5, 0.6) is 5.75 Å². The van der Waals surface area contributed by atoms with Crippen LogP contribution in [-0.2, 0) is 6.54 Å². The Morgan fingerprint density at radius 1 is 1.40 bits per heavy atom. The van der Waals surface area contributed by atoms with Crippen LogP contribution in [0.15, 0.2) is 22.7 Å². The zero-order valence-electron chi connectivity index (χ0n) is 11.8. The average Bonchev–Trinajstić information content (AvgIpc) is 2.87. The van der Waals surface area contributed by atoms with Gasteiger partial charge in [-0.25, -0.2) is 0 Å². The van der Waals surface area contributed by atoms with Crippen molar-refractivity contribution in [3.05, 3.63) is 28.5 Å². The maximum absolute atomic E-state index is 5.29. The normalized spacial score (nSPS) is 11.1. The number of rotatable bonds is 6. The van der Waals surface area contributed by atoms with Crippen molar-refractivity contribution >= 4 is 15.9 Å². The molecule has 1 aromatic heterocycles. The first-order valence-corrected chi connectivity index (χ1v) is 7.23. The number of nitrogens with one attached hydrogen (secondary N) is 1. The molecule has 0 fully saturated rings. The molecule has 108 valence electrons. The summed E-state index contributed by atoms with van der Waals surface area (Å²) >= 11 is 3.43. The van der Waals surface area contributed by atoms with Gasteiger partial charge in [-0.3, -0.25) is 0 Å². The van der Waals surface area contributed by atoms with Crippen LogP contribution in [-0.4, -0.2) is 33.9 Å². The first-order valence-electron chi connectivity index (χ1n) is 6.43. The third-order valence-corrected chi connectivity index (χ3v) is 3.40. The molecule has 0 saturated carbocycles. The minimum Gasteiger partial charge on any atom is -0.495 e. The van der Waals surface area contributed by atoms with E-state index in [-0.39, 0.29) is 0 Å². The van der Waals surface area contributed by atoms with Crippen LogP contribution in [0.3, 0.4) is 0 Å². The lowest BCUT2D eigenvalue weighted by Gasteiger charge is -2.09. The standard InChI is InChI=1S/C13H18BrN5O/c1-9(2)7-15-8-13-16-17-18-19(13)10-4-5-11(14)12(6-10)20-3/h4-6,9,15H,7-8H2,1-3H3. The smallest absolute Gasteiger partial charge is 0.170 e. The fourth-order valence-electron chi connectivity index (χ4n) is 1.77. The maximum Gasteiger partial charge on any atom is 0.170 e. The molecule has 0 aliphatic rings. The van der Waals surface area contributed by atoms with Crippen molar-refractivity contribution in [2.24, 2.45) is 5.92 Å². The number of methoxy groups -OCH3 is 1. The molecule has 0 radical (unpaired) electrons. The lowest BCUT2D eigenvalue weighted by atomic mass is 10.2. The quantitative estimate of drug-likeness (QED) is 0.873. The number of hydrogen-bond acceptors (Lipinski definition) is 5. The van der Waals surface area contributed by atoms with Gasteiger partial charge in [-0.1, -0.05) is 13.8 Å². The molecular formula is C13H18BrN5O. The van der Waals surface area contributed by atoms with E-state index in [4.69, 9.17) is 4.74 Å². The van der Waals surface area contributed by atoms with E-state index in [0.29, 0.717) is 12.5 Å². The Kier molecular flexibility index (Phi) is 5.08. The van der Waals surface area contributed by atoms with E-state index in [1.807, 2.05) is 18.2 Å². The Morgan fingerprint density at radius 3 is 2.90 bits per heavy atom. The second-order valence-electron chi connectivity index (χ2n) is 4.85. The molecule has 0 aliphatic heterocycles. The van der Waals surface area contributed by atoms with Gasteiger partial charge in [0.15, 0.2) is 5.82 Å². The molecule has 2 aromatic rings. The summed E-state index contributed by atoms with van der Waals surface area (Å²) in [6.07, 6.45) is 0. The van der Waals surface area contributed by atoms with Gasteiger partial charge in [0, 0.05) is 6.07 Å². The largest absolute Gasteiger partial charge is 0.495 e. The van der Waals surface area contributed by atoms with Crippen LogP contribution >= 0.6 is 15.9 Å². The summed E-state index contributed by atoms with van der Waals surface area (Å²) in [5.74, 6) is 2.11. The van der Waals surface area contributed by atoms with Gasteiger partial charge in [0.2, 0.25) is 0 Å². The fraction of sp³-hybridized carbons (Fsp3) is 0.462. The van der Waals surface area contributed by atoms with Crippen molar-refractivity contribution in [1.82, 2.24) is 25.5 Å². The van der Waals surface area contributed by atoms with E-state index in [2.05, 4.69) is 50.6 Å². The highest BCUT2D eigenvalue weighted by atomic mass is 79.9. The van der Waals surface area contributed by atoms with E-state index >= 15 is 0 Å². The Balaban J connectivity index is 2.19. The summed E-state index contributed by atoms with van der Waals surface area (Å²) < 4.78 is 7.90. The minimum absolute atomic E-state index is 0.590. The van der Waals surface area contributed by atoms with Crippen LogP contribution in [0.4, 0.5) is 0 Å². The van der Waals surface area contributed by atoms with Crippen LogP contribution < -0.4 is 10.1 Å². The summed E-state index contributed by atoms with van der Waals surface area (Å²) in [6, 6.07) is 5.75. The molecule has 0 bridgehead atoms. The first kappa shape index (κ1) is 14.9. The average molecular weight is 340 g/mol. The Morgan fingerprint density at radius 2 is 2.20 bits per heavy atom. The lowest BCUT2D eigenvalue weighted by Crippen LogP contribution is -2.21. The first-order chi connectivity index (χ1) is 9.61. The van der Waals surface area contributed by atoms with Crippen LogP contribution in [0.2, 0.25) is 0 Å². The molecule has 2 rings (SSSR count). The van der Waals surface area contributed by atoms with Gasteiger partial charge in [-0.15, -0.1) is 5.10 Å². The molecular weight excluding hydrogens is 322 g/mol. The van der Waals surface area contributed by atoms with Crippen molar-refractivity contribution in [3.63, 3.8) is 0 Å². The monoisotopic (exact) mass is 339 g/mol. The molecule has 1 aromatic carbocycles. The second-order valence-corrected chi connectivity index (χ2v) is 5.70. The van der Waals surface area contributed by atoms with Gasteiger partial charge >= 0.3 is 0 Å². The van der Waals surface area contributed by atoms with Gasteiger partial charge in [0.05, 0.1) is 23.8 Å². The highest BCUT2D eigenvalue weighted by molar-refractivity contribution is 9.10. The molecule has 0 aliphatic carbocycles. The van der Waals surface area contributed by atoms with Gasteiger partial charge in [0.25, 0.3) is 0 Å². The summed E-state index contributed by atoms with van der Waals surface area (Å²) in [6.45, 7) is 5.88. The zero-order chi connectivity index (χ0) is 14.5. The molecule has 1 heterocycles. The Hall–Kier alpha value is -1.47.